The van der Waals surface area contributed by atoms with Crippen LogP contribution in [0.1, 0.15) is 12.0 Å². The van der Waals surface area contributed by atoms with E-state index >= 15 is 0 Å². The highest BCUT2D eigenvalue weighted by Gasteiger charge is 2.29. The zero-order valence-corrected chi connectivity index (χ0v) is 11.1. The van der Waals surface area contributed by atoms with Crippen molar-refractivity contribution < 1.29 is 17.8 Å². The summed E-state index contributed by atoms with van der Waals surface area (Å²) in [6.45, 7) is 2.20. The molecule has 0 saturated carbocycles. The standard InChI is InChI=1S/C12H16N2O3S/c1-10-2-5-14(6-3-10)8-12(15)13-11-4-7-18(16,17)9-11/h2-3,5-6,11H,4,7-9H2,1H3/p+1/t11-/m0/s1. The summed E-state index contributed by atoms with van der Waals surface area (Å²) in [5.41, 5.74) is 1.13. The molecular formula is C12H17N2O3S+. The number of aromatic nitrogens is 1. The molecule has 98 valence electrons. The quantitative estimate of drug-likeness (QED) is 0.758. The SMILES string of the molecule is Cc1cc[n+](CC(=O)N[C@H]2CCS(=O)(=O)C2)cc1. The Morgan fingerprint density at radius 1 is 1.44 bits per heavy atom. The van der Waals surface area contributed by atoms with E-state index in [4.69, 9.17) is 0 Å². The molecule has 0 aliphatic carbocycles. The van der Waals surface area contributed by atoms with E-state index in [1.54, 1.807) is 4.57 Å². The predicted molar refractivity (Wildman–Crippen MR) is 66.6 cm³/mol. The van der Waals surface area contributed by atoms with Gasteiger partial charge in [-0.3, -0.25) is 4.79 Å². The van der Waals surface area contributed by atoms with Crippen LogP contribution in [0.5, 0.6) is 0 Å². The maximum atomic E-state index is 11.7. The van der Waals surface area contributed by atoms with Crippen molar-refractivity contribution in [3.05, 3.63) is 30.1 Å². The summed E-state index contributed by atoms with van der Waals surface area (Å²) >= 11 is 0. The molecule has 1 aromatic rings. The van der Waals surface area contributed by atoms with Crippen molar-refractivity contribution in [3.8, 4) is 0 Å². The maximum absolute atomic E-state index is 11.7. The molecule has 1 aliphatic rings. The molecule has 1 aromatic heterocycles. The highest BCUT2D eigenvalue weighted by Crippen LogP contribution is 2.10. The first-order valence-electron chi connectivity index (χ1n) is 5.90. The Bertz CT molecular complexity index is 537. The second-order valence-electron chi connectivity index (χ2n) is 4.72. The Kier molecular flexibility index (Phi) is 3.65. The van der Waals surface area contributed by atoms with Gasteiger partial charge in [0.05, 0.1) is 11.5 Å². The van der Waals surface area contributed by atoms with E-state index in [-0.39, 0.29) is 30.0 Å². The van der Waals surface area contributed by atoms with Crippen LogP contribution in [0.3, 0.4) is 0 Å². The molecule has 0 spiro atoms. The molecule has 5 nitrogen and oxygen atoms in total. The number of sulfone groups is 1. The van der Waals surface area contributed by atoms with Crippen LogP contribution >= 0.6 is 0 Å². The van der Waals surface area contributed by atoms with Crippen molar-refractivity contribution >= 4 is 15.7 Å². The fourth-order valence-corrected chi connectivity index (χ4v) is 3.66. The Morgan fingerprint density at radius 3 is 2.67 bits per heavy atom. The van der Waals surface area contributed by atoms with Crippen molar-refractivity contribution in [1.82, 2.24) is 5.32 Å². The highest BCUT2D eigenvalue weighted by molar-refractivity contribution is 7.91. The summed E-state index contributed by atoms with van der Waals surface area (Å²) in [5.74, 6) is 0.0957. The summed E-state index contributed by atoms with van der Waals surface area (Å²) in [5, 5.41) is 2.76. The number of carbonyl (C=O) groups is 1. The molecule has 1 saturated heterocycles. The van der Waals surface area contributed by atoms with Gasteiger partial charge in [-0.1, -0.05) is 0 Å². The number of hydrogen-bond acceptors (Lipinski definition) is 3. The van der Waals surface area contributed by atoms with E-state index in [0.29, 0.717) is 6.42 Å². The lowest BCUT2D eigenvalue weighted by Crippen LogP contribution is -2.45. The first-order chi connectivity index (χ1) is 8.44. The molecule has 1 amide bonds. The van der Waals surface area contributed by atoms with E-state index in [2.05, 4.69) is 5.32 Å². The Morgan fingerprint density at radius 2 is 2.11 bits per heavy atom. The van der Waals surface area contributed by atoms with Crippen LogP contribution < -0.4 is 9.88 Å². The van der Waals surface area contributed by atoms with Crippen LogP contribution in [0.15, 0.2) is 24.5 Å². The molecule has 0 aromatic carbocycles. The Hall–Kier alpha value is -1.43. The maximum Gasteiger partial charge on any atom is 0.286 e. The van der Waals surface area contributed by atoms with E-state index < -0.39 is 9.84 Å². The number of pyridine rings is 1. The van der Waals surface area contributed by atoms with Crippen molar-refractivity contribution in [2.45, 2.75) is 25.9 Å². The normalized spacial score (nSPS) is 21.7. The lowest BCUT2D eigenvalue weighted by molar-refractivity contribution is -0.684. The van der Waals surface area contributed by atoms with Gasteiger partial charge in [-0.2, -0.15) is 4.57 Å². The molecule has 1 fully saturated rings. The van der Waals surface area contributed by atoms with Gasteiger partial charge in [0.15, 0.2) is 22.2 Å². The highest BCUT2D eigenvalue weighted by atomic mass is 32.2. The largest absolute Gasteiger partial charge is 0.347 e. The van der Waals surface area contributed by atoms with Crippen molar-refractivity contribution in [1.29, 1.82) is 0 Å². The molecule has 2 heterocycles. The first-order valence-corrected chi connectivity index (χ1v) is 7.72. The molecule has 1 N–H and O–H groups in total. The van der Waals surface area contributed by atoms with Crippen LogP contribution in [0.2, 0.25) is 0 Å². The average molecular weight is 269 g/mol. The van der Waals surface area contributed by atoms with E-state index in [1.165, 1.54) is 0 Å². The van der Waals surface area contributed by atoms with Gasteiger partial charge in [0.25, 0.3) is 5.91 Å². The van der Waals surface area contributed by atoms with Crippen molar-refractivity contribution in [3.63, 3.8) is 0 Å². The minimum Gasteiger partial charge on any atom is -0.347 e. The van der Waals surface area contributed by atoms with Crippen LogP contribution in [-0.4, -0.2) is 31.9 Å². The zero-order valence-electron chi connectivity index (χ0n) is 10.3. The fourth-order valence-electron chi connectivity index (χ4n) is 1.99. The minimum absolute atomic E-state index is 0.0668. The summed E-state index contributed by atoms with van der Waals surface area (Å²) in [6.07, 6.45) is 4.19. The van der Waals surface area contributed by atoms with E-state index in [1.807, 2.05) is 31.5 Å². The van der Waals surface area contributed by atoms with Crippen LogP contribution in [-0.2, 0) is 21.2 Å². The Balaban J connectivity index is 1.88. The zero-order chi connectivity index (χ0) is 13.2. The third-order valence-corrected chi connectivity index (χ3v) is 4.75. The van der Waals surface area contributed by atoms with E-state index in [9.17, 15) is 13.2 Å². The summed E-state index contributed by atoms with van der Waals surface area (Å²) in [4.78, 5) is 11.7. The monoisotopic (exact) mass is 269 g/mol. The van der Waals surface area contributed by atoms with Gasteiger partial charge in [-0.15, -0.1) is 0 Å². The summed E-state index contributed by atoms with van der Waals surface area (Å²) < 4.78 is 24.3. The lowest BCUT2D eigenvalue weighted by atomic mass is 10.2. The third kappa shape index (κ3) is 3.53. The number of nitrogens with zero attached hydrogens (tertiary/aromatic N) is 1. The van der Waals surface area contributed by atoms with Crippen molar-refractivity contribution in [2.24, 2.45) is 0 Å². The number of rotatable bonds is 3. The average Bonchev–Trinajstić information content (AvgIpc) is 2.61. The van der Waals surface area contributed by atoms with Gasteiger partial charge in [0.2, 0.25) is 6.54 Å². The summed E-state index contributed by atoms with van der Waals surface area (Å²) in [6, 6.07) is 3.62. The molecule has 2 rings (SSSR count). The second kappa shape index (κ2) is 5.06. The van der Waals surface area contributed by atoms with Crippen LogP contribution in [0.25, 0.3) is 0 Å². The fraction of sp³-hybridized carbons (Fsp3) is 0.500. The van der Waals surface area contributed by atoms with Gasteiger partial charge in [0, 0.05) is 18.2 Å². The molecule has 18 heavy (non-hydrogen) atoms. The number of carbonyl (C=O) groups excluding carboxylic acids is 1. The Labute approximate surface area is 107 Å². The van der Waals surface area contributed by atoms with Gasteiger partial charge in [0.1, 0.15) is 0 Å². The number of nitrogens with one attached hydrogen (secondary N) is 1. The van der Waals surface area contributed by atoms with E-state index in [0.717, 1.165) is 5.56 Å². The van der Waals surface area contributed by atoms with Gasteiger partial charge < -0.3 is 5.32 Å². The van der Waals surface area contributed by atoms with Crippen molar-refractivity contribution in [2.75, 3.05) is 11.5 Å². The minimum atomic E-state index is -2.94. The summed E-state index contributed by atoms with van der Waals surface area (Å²) in [7, 11) is -2.94. The molecule has 0 bridgehead atoms. The van der Waals surface area contributed by atoms with Gasteiger partial charge in [-0.05, 0) is 18.9 Å². The lowest BCUT2D eigenvalue weighted by Gasteiger charge is -2.08. The molecule has 0 radical (unpaired) electrons. The number of amides is 1. The number of hydrogen-bond donors (Lipinski definition) is 1. The smallest absolute Gasteiger partial charge is 0.286 e. The first kappa shape index (κ1) is 13.0. The molecule has 1 aliphatic heterocycles. The molecule has 6 heteroatoms. The second-order valence-corrected chi connectivity index (χ2v) is 6.94. The number of aryl methyl sites for hydroxylation is 1. The predicted octanol–water partition coefficient (Wildman–Crippen LogP) is -0.414. The molecule has 0 unspecified atom stereocenters. The molecular weight excluding hydrogens is 252 g/mol. The van der Waals surface area contributed by atoms with Gasteiger partial charge in [-0.25, -0.2) is 8.42 Å². The topological polar surface area (TPSA) is 67.1 Å². The van der Waals surface area contributed by atoms with Crippen LogP contribution in [0, 0.1) is 6.92 Å². The van der Waals surface area contributed by atoms with Crippen LogP contribution in [0.4, 0.5) is 0 Å². The third-order valence-electron chi connectivity index (χ3n) is 2.98. The molecule has 1 atom stereocenters. The van der Waals surface area contributed by atoms with Gasteiger partial charge >= 0.3 is 0 Å².